The zero-order valence-corrected chi connectivity index (χ0v) is 15.5. The minimum atomic E-state index is -2.93. The largest absolute Gasteiger partial charge is 0.342 e. The molecule has 7 heteroatoms. The molecule has 1 aromatic heterocycles. The molecule has 0 saturated carbocycles. The molecule has 2 fully saturated rings. The van der Waals surface area contributed by atoms with E-state index in [-0.39, 0.29) is 28.7 Å². The highest BCUT2D eigenvalue weighted by Gasteiger charge is 2.45. The van der Waals surface area contributed by atoms with Crippen LogP contribution in [-0.2, 0) is 26.5 Å². The first-order chi connectivity index (χ1) is 11.9. The molecule has 136 valence electrons. The van der Waals surface area contributed by atoms with E-state index in [1.807, 2.05) is 18.0 Å². The van der Waals surface area contributed by atoms with Gasteiger partial charge >= 0.3 is 0 Å². The van der Waals surface area contributed by atoms with E-state index in [1.54, 1.807) is 0 Å². The summed E-state index contributed by atoms with van der Waals surface area (Å²) in [6, 6.07) is 0. The molecular formula is C18H25N3O3S. The Morgan fingerprint density at radius 1 is 1.28 bits per heavy atom. The van der Waals surface area contributed by atoms with Crippen molar-refractivity contribution >= 4 is 15.7 Å². The van der Waals surface area contributed by atoms with Crippen LogP contribution in [0, 0.1) is 12.8 Å². The van der Waals surface area contributed by atoms with Crippen LogP contribution in [-0.4, -0.2) is 53.8 Å². The normalized spacial score (nSPS) is 28.9. The van der Waals surface area contributed by atoms with Gasteiger partial charge in [-0.25, -0.2) is 18.4 Å². The van der Waals surface area contributed by atoms with Gasteiger partial charge in [0.15, 0.2) is 0 Å². The zero-order valence-electron chi connectivity index (χ0n) is 14.7. The second kappa shape index (κ2) is 6.04. The third-order valence-corrected chi connectivity index (χ3v) is 7.87. The van der Waals surface area contributed by atoms with E-state index < -0.39 is 9.84 Å². The first-order valence-electron chi connectivity index (χ1n) is 9.21. The molecule has 1 atom stereocenters. The Bertz CT molecular complexity index is 790. The van der Waals surface area contributed by atoms with Gasteiger partial charge in [-0.2, -0.15) is 0 Å². The van der Waals surface area contributed by atoms with Crippen LogP contribution in [0.3, 0.4) is 0 Å². The summed E-state index contributed by atoms with van der Waals surface area (Å²) in [7, 11) is -2.93. The highest BCUT2D eigenvalue weighted by molar-refractivity contribution is 7.91. The minimum absolute atomic E-state index is 0.0301. The van der Waals surface area contributed by atoms with E-state index in [4.69, 9.17) is 4.98 Å². The molecule has 0 bridgehead atoms. The van der Waals surface area contributed by atoms with Crippen LogP contribution in [0.15, 0.2) is 6.20 Å². The molecule has 0 radical (unpaired) electrons. The van der Waals surface area contributed by atoms with Crippen LogP contribution in [0.25, 0.3) is 0 Å². The topological polar surface area (TPSA) is 80.2 Å². The Morgan fingerprint density at radius 3 is 2.80 bits per heavy atom. The maximum absolute atomic E-state index is 13.0. The predicted molar refractivity (Wildman–Crippen MR) is 94.0 cm³/mol. The predicted octanol–water partition coefficient (Wildman–Crippen LogP) is 1.42. The van der Waals surface area contributed by atoms with E-state index in [9.17, 15) is 13.2 Å². The SMILES string of the molecule is Cc1ncc2c(n1)C1(CCCN(C(=O)C3CCS(=O)(=O)CC3)C1)CC2. The van der Waals surface area contributed by atoms with Gasteiger partial charge in [0.05, 0.1) is 17.2 Å². The number of hydrogen-bond acceptors (Lipinski definition) is 5. The smallest absolute Gasteiger partial charge is 0.225 e. The number of likely N-dealkylation sites (tertiary alicyclic amines) is 1. The van der Waals surface area contributed by atoms with Crippen molar-refractivity contribution in [2.75, 3.05) is 24.6 Å². The van der Waals surface area contributed by atoms with E-state index in [0.717, 1.165) is 50.3 Å². The summed E-state index contributed by atoms with van der Waals surface area (Å²) in [6.07, 6.45) is 6.96. The fraction of sp³-hybridized carbons (Fsp3) is 0.722. The molecule has 0 aromatic carbocycles. The van der Waals surface area contributed by atoms with E-state index in [2.05, 4.69) is 4.98 Å². The number of carbonyl (C=O) groups excluding carboxylic acids is 1. The maximum atomic E-state index is 13.0. The second-order valence-corrected chi connectivity index (χ2v) is 10.2. The van der Waals surface area contributed by atoms with Crippen molar-refractivity contribution < 1.29 is 13.2 Å². The third kappa shape index (κ3) is 3.07. The molecule has 25 heavy (non-hydrogen) atoms. The monoisotopic (exact) mass is 363 g/mol. The highest BCUT2D eigenvalue weighted by atomic mass is 32.2. The number of nitrogens with zero attached hydrogens (tertiary/aromatic N) is 3. The highest BCUT2D eigenvalue weighted by Crippen LogP contribution is 2.44. The van der Waals surface area contributed by atoms with Crippen molar-refractivity contribution in [3.05, 3.63) is 23.3 Å². The number of sulfone groups is 1. The average molecular weight is 363 g/mol. The number of amides is 1. The maximum Gasteiger partial charge on any atom is 0.225 e. The summed E-state index contributed by atoms with van der Waals surface area (Å²) < 4.78 is 23.3. The number of aromatic nitrogens is 2. The molecule has 3 aliphatic rings. The van der Waals surface area contributed by atoms with E-state index in [1.165, 1.54) is 5.56 Å². The Kier molecular flexibility index (Phi) is 4.09. The molecule has 1 unspecified atom stereocenters. The van der Waals surface area contributed by atoms with Gasteiger partial charge in [-0.15, -0.1) is 0 Å². The Labute approximate surface area is 149 Å². The molecule has 1 spiro atoms. The van der Waals surface area contributed by atoms with Gasteiger partial charge in [-0.05, 0) is 51.0 Å². The number of piperidine rings is 1. The summed E-state index contributed by atoms with van der Waals surface area (Å²) in [5.41, 5.74) is 2.34. The van der Waals surface area contributed by atoms with Crippen molar-refractivity contribution in [3.63, 3.8) is 0 Å². The van der Waals surface area contributed by atoms with Gasteiger partial charge in [-0.3, -0.25) is 4.79 Å². The molecule has 1 aromatic rings. The molecule has 6 nitrogen and oxygen atoms in total. The van der Waals surface area contributed by atoms with Gasteiger partial charge in [0, 0.05) is 30.6 Å². The van der Waals surface area contributed by atoms with Gasteiger partial charge < -0.3 is 4.90 Å². The van der Waals surface area contributed by atoms with Gasteiger partial charge in [0.25, 0.3) is 0 Å². The van der Waals surface area contributed by atoms with Gasteiger partial charge in [-0.1, -0.05) is 0 Å². The molecule has 1 amide bonds. The Balaban J connectivity index is 1.53. The van der Waals surface area contributed by atoms with Crippen molar-refractivity contribution in [1.29, 1.82) is 0 Å². The summed E-state index contributed by atoms with van der Waals surface area (Å²) in [5, 5.41) is 0. The summed E-state index contributed by atoms with van der Waals surface area (Å²) in [5.74, 6) is 1.11. The van der Waals surface area contributed by atoms with Crippen molar-refractivity contribution in [3.8, 4) is 0 Å². The van der Waals surface area contributed by atoms with Crippen LogP contribution in [0.4, 0.5) is 0 Å². The van der Waals surface area contributed by atoms with E-state index >= 15 is 0 Å². The molecular weight excluding hydrogens is 338 g/mol. The number of hydrogen-bond donors (Lipinski definition) is 0. The second-order valence-electron chi connectivity index (χ2n) is 7.86. The lowest BCUT2D eigenvalue weighted by molar-refractivity contribution is -0.138. The number of carbonyl (C=O) groups is 1. The fourth-order valence-electron chi connectivity index (χ4n) is 4.74. The van der Waals surface area contributed by atoms with Crippen molar-refractivity contribution in [1.82, 2.24) is 14.9 Å². The van der Waals surface area contributed by atoms with Crippen molar-refractivity contribution in [2.45, 2.75) is 50.9 Å². The van der Waals surface area contributed by atoms with Crippen LogP contribution in [0.5, 0.6) is 0 Å². The summed E-state index contributed by atoms with van der Waals surface area (Å²) in [4.78, 5) is 24.0. The molecule has 2 saturated heterocycles. The van der Waals surface area contributed by atoms with Gasteiger partial charge in [0.1, 0.15) is 15.7 Å². The first-order valence-corrected chi connectivity index (χ1v) is 11.0. The lowest BCUT2D eigenvalue weighted by Gasteiger charge is -2.42. The van der Waals surface area contributed by atoms with Crippen molar-refractivity contribution in [2.24, 2.45) is 5.92 Å². The van der Waals surface area contributed by atoms with E-state index in [0.29, 0.717) is 12.8 Å². The lowest BCUT2D eigenvalue weighted by Crippen LogP contribution is -2.50. The van der Waals surface area contributed by atoms with Crippen LogP contribution >= 0.6 is 0 Å². The molecule has 1 aliphatic carbocycles. The molecule has 0 N–H and O–H groups in total. The summed E-state index contributed by atoms with van der Waals surface area (Å²) >= 11 is 0. The molecule has 3 heterocycles. The Hall–Kier alpha value is -1.50. The van der Waals surface area contributed by atoms with Gasteiger partial charge in [0.2, 0.25) is 5.91 Å². The zero-order chi connectivity index (χ0) is 17.7. The number of fused-ring (bicyclic) bond motifs is 2. The van der Waals surface area contributed by atoms with Crippen LogP contribution < -0.4 is 0 Å². The average Bonchev–Trinajstić information content (AvgIpc) is 2.92. The number of aryl methyl sites for hydroxylation is 2. The van der Waals surface area contributed by atoms with Crippen LogP contribution in [0.1, 0.15) is 49.2 Å². The lowest BCUT2D eigenvalue weighted by atomic mass is 9.77. The first kappa shape index (κ1) is 16.9. The molecule has 4 rings (SSSR count). The number of rotatable bonds is 1. The standard InChI is InChI=1S/C18H25N3O3S/c1-13-19-11-15-3-7-18(16(15)20-13)6-2-8-21(12-18)17(22)14-4-9-25(23,24)10-5-14/h11,14H,2-10,12H2,1H3. The fourth-order valence-corrected chi connectivity index (χ4v) is 6.23. The minimum Gasteiger partial charge on any atom is -0.342 e. The quantitative estimate of drug-likeness (QED) is 0.754. The molecule has 2 aliphatic heterocycles. The van der Waals surface area contributed by atoms with Crippen LogP contribution in [0.2, 0.25) is 0 Å². The third-order valence-electron chi connectivity index (χ3n) is 6.15. The summed E-state index contributed by atoms with van der Waals surface area (Å²) in [6.45, 7) is 3.42. The Morgan fingerprint density at radius 2 is 2.04 bits per heavy atom.